The molecule has 2 atom stereocenters. The van der Waals surface area contributed by atoms with Gasteiger partial charge in [-0.15, -0.1) is 0 Å². The first-order chi connectivity index (χ1) is 8.26. The molecule has 0 bridgehead atoms. The molecule has 1 N–H and O–H groups in total. The summed E-state index contributed by atoms with van der Waals surface area (Å²) in [4.78, 5) is 0. The van der Waals surface area contributed by atoms with Crippen LogP contribution in [-0.2, 0) is 4.74 Å². The molecule has 0 saturated carbocycles. The number of likely N-dealkylation sites (N-methyl/N-ethyl adjacent to an activating group) is 1. The maximum Gasteiger partial charge on any atom is 0.0845 e. The standard InChI is InChI=1S/C15H27NO/c1-3-16-14(13-9-5-4-6-10-13)15(2)11-7-8-12-17-15/h9,14,16H,3-8,10-12H2,1-2H3. The van der Waals surface area contributed by atoms with Gasteiger partial charge in [0.2, 0.25) is 0 Å². The first-order valence-electron chi connectivity index (χ1n) is 7.32. The van der Waals surface area contributed by atoms with Crippen LogP contribution in [0.2, 0.25) is 0 Å². The second kappa shape index (κ2) is 6.01. The quantitative estimate of drug-likeness (QED) is 0.756. The molecule has 0 aromatic rings. The molecule has 2 heteroatoms. The molecule has 1 saturated heterocycles. The molecule has 0 amide bonds. The first-order valence-corrected chi connectivity index (χ1v) is 7.32. The maximum absolute atomic E-state index is 6.13. The monoisotopic (exact) mass is 237 g/mol. The fourth-order valence-electron chi connectivity index (χ4n) is 3.25. The molecule has 0 aromatic carbocycles. The van der Waals surface area contributed by atoms with Crippen LogP contribution in [-0.4, -0.2) is 24.8 Å². The summed E-state index contributed by atoms with van der Waals surface area (Å²) in [5, 5.41) is 3.67. The van der Waals surface area contributed by atoms with E-state index in [4.69, 9.17) is 4.74 Å². The van der Waals surface area contributed by atoms with Gasteiger partial charge < -0.3 is 10.1 Å². The number of nitrogens with one attached hydrogen (secondary N) is 1. The third-order valence-electron chi connectivity index (χ3n) is 4.22. The lowest BCUT2D eigenvalue weighted by Crippen LogP contribution is -2.53. The third-order valence-corrected chi connectivity index (χ3v) is 4.22. The van der Waals surface area contributed by atoms with Gasteiger partial charge in [0.05, 0.1) is 11.6 Å². The van der Waals surface area contributed by atoms with E-state index in [1.807, 2.05) is 0 Å². The summed E-state index contributed by atoms with van der Waals surface area (Å²) in [6, 6.07) is 0.438. The molecule has 1 heterocycles. The largest absolute Gasteiger partial charge is 0.373 e. The van der Waals surface area contributed by atoms with Gasteiger partial charge in [-0.3, -0.25) is 0 Å². The van der Waals surface area contributed by atoms with Crippen LogP contribution in [0, 0.1) is 0 Å². The van der Waals surface area contributed by atoms with E-state index >= 15 is 0 Å². The Labute approximate surface area is 106 Å². The lowest BCUT2D eigenvalue weighted by atomic mass is 9.80. The zero-order chi connectivity index (χ0) is 12.1. The highest BCUT2D eigenvalue weighted by atomic mass is 16.5. The lowest BCUT2D eigenvalue weighted by Gasteiger charge is -2.43. The Hall–Kier alpha value is -0.340. The molecule has 0 radical (unpaired) electrons. The normalized spacial score (nSPS) is 32.0. The maximum atomic E-state index is 6.13. The van der Waals surface area contributed by atoms with Crippen molar-refractivity contribution in [2.45, 2.75) is 70.4 Å². The van der Waals surface area contributed by atoms with Crippen molar-refractivity contribution in [2.24, 2.45) is 0 Å². The van der Waals surface area contributed by atoms with Crippen molar-refractivity contribution >= 4 is 0 Å². The summed E-state index contributed by atoms with van der Waals surface area (Å²) in [6.45, 7) is 6.46. The fourth-order valence-corrected chi connectivity index (χ4v) is 3.25. The van der Waals surface area contributed by atoms with E-state index in [1.54, 1.807) is 5.57 Å². The van der Waals surface area contributed by atoms with Gasteiger partial charge in [0.1, 0.15) is 0 Å². The number of hydrogen-bond donors (Lipinski definition) is 1. The molecule has 0 aromatic heterocycles. The summed E-state index contributed by atoms with van der Waals surface area (Å²) in [6.07, 6.45) is 11.4. The van der Waals surface area contributed by atoms with E-state index in [0.717, 1.165) is 13.2 Å². The Balaban J connectivity index is 2.11. The molecule has 2 aliphatic rings. The van der Waals surface area contributed by atoms with Gasteiger partial charge in [-0.05, 0) is 58.4 Å². The third kappa shape index (κ3) is 3.11. The summed E-state index contributed by atoms with van der Waals surface area (Å²) >= 11 is 0. The molecule has 1 aliphatic carbocycles. The molecule has 2 unspecified atom stereocenters. The SMILES string of the molecule is CCNC(C1=CCCCC1)C1(C)CCCCO1. The Kier molecular flexibility index (Phi) is 4.63. The van der Waals surface area contributed by atoms with Crippen LogP contribution in [0.4, 0.5) is 0 Å². The van der Waals surface area contributed by atoms with E-state index in [1.165, 1.54) is 44.9 Å². The van der Waals surface area contributed by atoms with Gasteiger partial charge >= 0.3 is 0 Å². The molecule has 2 nitrogen and oxygen atoms in total. The van der Waals surface area contributed by atoms with Crippen LogP contribution < -0.4 is 5.32 Å². The number of rotatable bonds is 4. The van der Waals surface area contributed by atoms with Crippen molar-refractivity contribution in [3.05, 3.63) is 11.6 Å². The highest BCUT2D eigenvalue weighted by molar-refractivity contribution is 5.19. The predicted molar refractivity (Wildman–Crippen MR) is 72.2 cm³/mol. The van der Waals surface area contributed by atoms with Crippen LogP contribution in [0.25, 0.3) is 0 Å². The highest BCUT2D eigenvalue weighted by Crippen LogP contribution is 2.34. The van der Waals surface area contributed by atoms with Crippen molar-refractivity contribution in [1.82, 2.24) is 5.32 Å². The minimum atomic E-state index is 0.0252. The second-order valence-corrected chi connectivity index (χ2v) is 5.63. The zero-order valence-corrected chi connectivity index (χ0v) is 11.4. The Morgan fingerprint density at radius 3 is 2.82 bits per heavy atom. The van der Waals surface area contributed by atoms with E-state index in [2.05, 4.69) is 25.2 Å². The lowest BCUT2D eigenvalue weighted by molar-refractivity contribution is -0.0814. The average Bonchev–Trinajstić information content (AvgIpc) is 2.38. The van der Waals surface area contributed by atoms with Crippen LogP contribution >= 0.6 is 0 Å². The summed E-state index contributed by atoms with van der Waals surface area (Å²) in [5.74, 6) is 0. The number of allylic oxidation sites excluding steroid dienone is 1. The van der Waals surface area contributed by atoms with Crippen molar-refractivity contribution in [3.8, 4) is 0 Å². The number of ether oxygens (including phenoxy) is 1. The molecule has 98 valence electrons. The molecular weight excluding hydrogens is 210 g/mol. The second-order valence-electron chi connectivity index (χ2n) is 5.63. The van der Waals surface area contributed by atoms with Crippen molar-refractivity contribution in [1.29, 1.82) is 0 Å². The minimum Gasteiger partial charge on any atom is -0.373 e. The summed E-state index contributed by atoms with van der Waals surface area (Å²) in [7, 11) is 0. The summed E-state index contributed by atoms with van der Waals surface area (Å²) < 4.78 is 6.13. The Morgan fingerprint density at radius 1 is 1.35 bits per heavy atom. The zero-order valence-electron chi connectivity index (χ0n) is 11.4. The van der Waals surface area contributed by atoms with Crippen molar-refractivity contribution in [3.63, 3.8) is 0 Å². The van der Waals surface area contributed by atoms with Gasteiger partial charge in [-0.1, -0.05) is 18.6 Å². The van der Waals surface area contributed by atoms with Crippen LogP contribution in [0.15, 0.2) is 11.6 Å². The van der Waals surface area contributed by atoms with Crippen molar-refractivity contribution < 1.29 is 4.74 Å². The van der Waals surface area contributed by atoms with Crippen molar-refractivity contribution in [2.75, 3.05) is 13.2 Å². The van der Waals surface area contributed by atoms with E-state index in [-0.39, 0.29) is 5.60 Å². The van der Waals surface area contributed by atoms with Crippen LogP contribution in [0.3, 0.4) is 0 Å². The van der Waals surface area contributed by atoms with E-state index in [9.17, 15) is 0 Å². The fraction of sp³-hybridized carbons (Fsp3) is 0.867. The smallest absolute Gasteiger partial charge is 0.0845 e. The Morgan fingerprint density at radius 2 is 2.24 bits per heavy atom. The van der Waals surface area contributed by atoms with Crippen LogP contribution in [0.5, 0.6) is 0 Å². The minimum absolute atomic E-state index is 0.0252. The number of hydrogen-bond acceptors (Lipinski definition) is 2. The molecule has 1 fully saturated rings. The van der Waals surface area contributed by atoms with Gasteiger partial charge in [0.25, 0.3) is 0 Å². The van der Waals surface area contributed by atoms with Gasteiger partial charge in [0, 0.05) is 6.61 Å². The average molecular weight is 237 g/mol. The molecular formula is C15H27NO. The Bertz CT molecular complexity index is 266. The van der Waals surface area contributed by atoms with Gasteiger partial charge in [-0.2, -0.15) is 0 Å². The van der Waals surface area contributed by atoms with Crippen LogP contribution in [0.1, 0.15) is 58.8 Å². The van der Waals surface area contributed by atoms with Gasteiger partial charge in [-0.25, -0.2) is 0 Å². The molecule has 1 aliphatic heterocycles. The predicted octanol–water partition coefficient (Wildman–Crippen LogP) is 3.42. The van der Waals surface area contributed by atoms with E-state index in [0.29, 0.717) is 6.04 Å². The highest BCUT2D eigenvalue weighted by Gasteiger charge is 2.38. The van der Waals surface area contributed by atoms with E-state index < -0.39 is 0 Å². The summed E-state index contributed by atoms with van der Waals surface area (Å²) in [5.41, 5.74) is 1.62. The first kappa shape index (κ1) is 13.1. The molecule has 2 rings (SSSR count). The van der Waals surface area contributed by atoms with Gasteiger partial charge in [0.15, 0.2) is 0 Å². The topological polar surface area (TPSA) is 21.3 Å². The molecule has 17 heavy (non-hydrogen) atoms. The molecule has 0 spiro atoms.